The van der Waals surface area contributed by atoms with E-state index in [9.17, 15) is 9.59 Å². The third-order valence-corrected chi connectivity index (χ3v) is 5.30. The SMILES string of the molecule is CC(=O)NCc1ccc([C@H]2CN(C)C[C@@H]2C(=O)N(C)Cc2cc(C)[nH]n2)cc1. The normalized spacial score (nSPS) is 19.6. The van der Waals surface area contributed by atoms with Crippen LogP contribution in [-0.2, 0) is 22.7 Å². The maximum Gasteiger partial charge on any atom is 0.227 e. The second-order valence-corrected chi connectivity index (χ2v) is 7.82. The van der Waals surface area contributed by atoms with E-state index < -0.39 is 0 Å². The van der Waals surface area contributed by atoms with Crippen molar-refractivity contribution in [1.82, 2.24) is 25.3 Å². The Kier molecular flexibility index (Phi) is 6.14. The molecule has 7 nitrogen and oxygen atoms in total. The maximum absolute atomic E-state index is 13.1. The van der Waals surface area contributed by atoms with Gasteiger partial charge in [0.2, 0.25) is 11.8 Å². The Morgan fingerprint density at radius 1 is 1.29 bits per heavy atom. The number of carbonyl (C=O) groups is 2. The van der Waals surface area contributed by atoms with Crippen molar-refractivity contribution in [2.75, 3.05) is 27.2 Å². The fraction of sp³-hybridized carbons (Fsp3) is 0.476. The quantitative estimate of drug-likeness (QED) is 0.795. The lowest BCUT2D eigenvalue weighted by molar-refractivity contribution is -0.134. The number of aromatic nitrogens is 2. The van der Waals surface area contributed by atoms with Gasteiger partial charge in [0.25, 0.3) is 0 Å². The molecule has 2 heterocycles. The molecule has 2 aromatic rings. The van der Waals surface area contributed by atoms with Crippen molar-refractivity contribution < 1.29 is 9.59 Å². The summed E-state index contributed by atoms with van der Waals surface area (Å²) in [6, 6.07) is 10.2. The van der Waals surface area contributed by atoms with E-state index in [1.165, 1.54) is 12.5 Å². The average Bonchev–Trinajstić information content (AvgIpc) is 3.25. The van der Waals surface area contributed by atoms with Gasteiger partial charge in [0, 0.05) is 45.2 Å². The first-order valence-corrected chi connectivity index (χ1v) is 9.61. The molecule has 1 aromatic heterocycles. The summed E-state index contributed by atoms with van der Waals surface area (Å²) in [6.07, 6.45) is 0. The molecule has 0 bridgehead atoms. The van der Waals surface area contributed by atoms with Crippen molar-refractivity contribution >= 4 is 11.8 Å². The van der Waals surface area contributed by atoms with Gasteiger partial charge in [-0.05, 0) is 31.2 Å². The molecule has 0 aliphatic carbocycles. The number of likely N-dealkylation sites (tertiary alicyclic amines) is 1. The number of likely N-dealkylation sites (N-methyl/N-ethyl adjacent to an activating group) is 1. The van der Waals surface area contributed by atoms with Crippen LogP contribution in [0, 0.1) is 12.8 Å². The minimum atomic E-state index is -0.0729. The highest BCUT2D eigenvalue weighted by atomic mass is 16.2. The molecule has 1 saturated heterocycles. The van der Waals surface area contributed by atoms with Crippen LogP contribution in [0.15, 0.2) is 30.3 Å². The molecule has 2 N–H and O–H groups in total. The first kappa shape index (κ1) is 20.1. The monoisotopic (exact) mass is 383 g/mol. The molecule has 3 rings (SSSR count). The van der Waals surface area contributed by atoms with Crippen molar-refractivity contribution in [1.29, 1.82) is 0 Å². The summed E-state index contributed by atoms with van der Waals surface area (Å²) in [5.41, 5.74) is 4.09. The van der Waals surface area contributed by atoms with Crippen LogP contribution >= 0.6 is 0 Å². The molecule has 7 heteroatoms. The lowest BCUT2D eigenvalue weighted by Gasteiger charge is -2.24. The maximum atomic E-state index is 13.1. The molecule has 150 valence electrons. The van der Waals surface area contributed by atoms with Gasteiger partial charge in [-0.2, -0.15) is 5.10 Å². The van der Waals surface area contributed by atoms with Gasteiger partial charge in [0.05, 0.1) is 18.2 Å². The number of aromatic amines is 1. The third kappa shape index (κ3) is 4.78. The second-order valence-electron chi connectivity index (χ2n) is 7.82. The van der Waals surface area contributed by atoms with E-state index in [0.717, 1.165) is 30.0 Å². The summed E-state index contributed by atoms with van der Waals surface area (Å²) in [7, 11) is 3.90. The standard InChI is InChI=1S/C21H29N5O2/c1-14-9-18(24-23-14)11-26(4)21(28)20-13-25(3)12-19(20)17-7-5-16(6-8-17)10-22-15(2)27/h5-9,19-20H,10-13H2,1-4H3,(H,22,27)(H,23,24)/t19-,20+/m1/s1. The number of nitrogens with one attached hydrogen (secondary N) is 2. The van der Waals surface area contributed by atoms with Gasteiger partial charge in [0.1, 0.15) is 0 Å². The lowest BCUT2D eigenvalue weighted by Crippen LogP contribution is -2.36. The number of hydrogen-bond acceptors (Lipinski definition) is 4. The first-order valence-electron chi connectivity index (χ1n) is 9.61. The minimum Gasteiger partial charge on any atom is -0.352 e. The molecule has 0 spiro atoms. The number of amides is 2. The highest BCUT2D eigenvalue weighted by Gasteiger charge is 2.38. The largest absolute Gasteiger partial charge is 0.352 e. The number of nitrogens with zero attached hydrogens (tertiary/aromatic N) is 3. The molecular formula is C21H29N5O2. The number of benzene rings is 1. The highest BCUT2D eigenvalue weighted by Crippen LogP contribution is 2.33. The summed E-state index contributed by atoms with van der Waals surface area (Å²) < 4.78 is 0. The number of carbonyl (C=O) groups excluding carboxylic acids is 2. The Labute approximate surface area is 166 Å². The molecule has 0 radical (unpaired) electrons. The Morgan fingerprint density at radius 2 is 2.00 bits per heavy atom. The molecule has 1 fully saturated rings. The van der Waals surface area contributed by atoms with Crippen LogP contribution in [0.1, 0.15) is 35.4 Å². The summed E-state index contributed by atoms with van der Waals surface area (Å²) in [6.45, 7) is 6.10. The second kappa shape index (κ2) is 8.56. The average molecular weight is 383 g/mol. The number of aryl methyl sites for hydroxylation is 1. The van der Waals surface area contributed by atoms with E-state index in [2.05, 4.69) is 39.6 Å². The molecule has 1 aliphatic rings. The van der Waals surface area contributed by atoms with Crippen LogP contribution in [0.4, 0.5) is 0 Å². The predicted octanol–water partition coefficient (Wildman–Crippen LogP) is 1.66. The van der Waals surface area contributed by atoms with Gasteiger partial charge in [-0.15, -0.1) is 0 Å². The zero-order valence-corrected chi connectivity index (χ0v) is 17.0. The van der Waals surface area contributed by atoms with Crippen LogP contribution in [0.3, 0.4) is 0 Å². The Balaban J connectivity index is 1.69. The zero-order chi connectivity index (χ0) is 20.3. The molecule has 0 saturated carbocycles. The molecule has 1 aromatic carbocycles. The lowest BCUT2D eigenvalue weighted by atomic mass is 9.87. The van der Waals surface area contributed by atoms with E-state index in [1.807, 2.05) is 32.2 Å². The van der Waals surface area contributed by atoms with Crippen molar-refractivity contribution in [3.63, 3.8) is 0 Å². The van der Waals surface area contributed by atoms with Crippen LogP contribution < -0.4 is 5.32 Å². The van der Waals surface area contributed by atoms with Crippen LogP contribution in [0.2, 0.25) is 0 Å². The summed E-state index contributed by atoms with van der Waals surface area (Å²) in [5, 5.41) is 9.97. The summed E-state index contributed by atoms with van der Waals surface area (Å²) >= 11 is 0. The predicted molar refractivity (Wildman–Crippen MR) is 107 cm³/mol. The van der Waals surface area contributed by atoms with Gasteiger partial charge in [-0.3, -0.25) is 14.7 Å². The number of hydrogen-bond donors (Lipinski definition) is 2. The van der Waals surface area contributed by atoms with Crippen molar-refractivity contribution in [2.45, 2.75) is 32.9 Å². The van der Waals surface area contributed by atoms with Crippen LogP contribution in [0.5, 0.6) is 0 Å². The molecule has 28 heavy (non-hydrogen) atoms. The van der Waals surface area contributed by atoms with Crippen molar-refractivity contribution in [3.05, 3.63) is 52.8 Å². The van der Waals surface area contributed by atoms with E-state index in [4.69, 9.17) is 0 Å². The number of H-pyrrole nitrogens is 1. The smallest absolute Gasteiger partial charge is 0.227 e. The Hall–Kier alpha value is -2.67. The summed E-state index contributed by atoms with van der Waals surface area (Å²) in [4.78, 5) is 28.2. The summed E-state index contributed by atoms with van der Waals surface area (Å²) in [5.74, 6) is 0.201. The van der Waals surface area contributed by atoms with Gasteiger partial charge < -0.3 is 15.1 Å². The van der Waals surface area contributed by atoms with E-state index in [1.54, 1.807) is 4.90 Å². The highest BCUT2D eigenvalue weighted by molar-refractivity contribution is 5.80. The molecule has 2 amide bonds. The zero-order valence-electron chi connectivity index (χ0n) is 17.0. The van der Waals surface area contributed by atoms with Crippen LogP contribution in [0.25, 0.3) is 0 Å². The van der Waals surface area contributed by atoms with Crippen LogP contribution in [-0.4, -0.2) is 59.0 Å². The number of rotatable bonds is 6. The molecule has 0 unspecified atom stereocenters. The van der Waals surface area contributed by atoms with Gasteiger partial charge in [-0.25, -0.2) is 0 Å². The molecule has 1 aliphatic heterocycles. The van der Waals surface area contributed by atoms with Gasteiger partial charge >= 0.3 is 0 Å². The first-order chi connectivity index (χ1) is 13.3. The fourth-order valence-electron chi connectivity index (χ4n) is 3.86. The van der Waals surface area contributed by atoms with E-state index in [0.29, 0.717) is 13.1 Å². The topological polar surface area (TPSA) is 81.3 Å². The van der Waals surface area contributed by atoms with Gasteiger partial charge in [-0.1, -0.05) is 24.3 Å². The van der Waals surface area contributed by atoms with Crippen molar-refractivity contribution in [3.8, 4) is 0 Å². The van der Waals surface area contributed by atoms with E-state index >= 15 is 0 Å². The minimum absolute atomic E-state index is 0.0395. The fourth-order valence-corrected chi connectivity index (χ4v) is 3.86. The van der Waals surface area contributed by atoms with Gasteiger partial charge in [0.15, 0.2) is 0 Å². The molecule has 2 atom stereocenters. The third-order valence-electron chi connectivity index (χ3n) is 5.30. The molecular weight excluding hydrogens is 354 g/mol. The van der Waals surface area contributed by atoms with Crippen molar-refractivity contribution in [2.24, 2.45) is 5.92 Å². The Bertz CT molecular complexity index is 830. The Morgan fingerprint density at radius 3 is 2.61 bits per heavy atom. The van der Waals surface area contributed by atoms with E-state index in [-0.39, 0.29) is 23.7 Å².